The van der Waals surface area contributed by atoms with E-state index in [0.717, 1.165) is 59.6 Å². The van der Waals surface area contributed by atoms with Crippen LogP contribution in [0.5, 0.6) is 17.2 Å². The molecule has 6 heteroatoms. The molecular formula is C30H32N2O4. The Labute approximate surface area is 211 Å². The molecule has 0 radical (unpaired) electrons. The summed E-state index contributed by atoms with van der Waals surface area (Å²) >= 11 is 0. The lowest BCUT2D eigenvalue weighted by atomic mass is 9.85. The molecule has 1 unspecified atom stereocenters. The molecule has 0 saturated carbocycles. The van der Waals surface area contributed by atoms with Gasteiger partial charge in [0.1, 0.15) is 19.1 Å². The van der Waals surface area contributed by atoms with E-state index in [4.69, 9.17) is 14.2 Å². The van der Waals surface area contributed by atoms with Gasteiger partial charge in [-0.1, -0.05) is 29.8 Å². The molecule has 0 amide bonds. The van der Waals surface area contributed by atoms with Gasteiger partial charge in [0, 0.05) is 30.2 Å². The van der Waals surface area contributed by atoms with Crippen molar-refractivity contribution in [3.05, 3.63) is 88.1 Å². The molecule has 0 saturated heterocycles. The second-order valence-corrected chi connectivity index (χ2v) is 9.79. The molecule has 1 atom stereocenters. The van der Waals surface area contributed by atoms with Crippen molar-refractivity contribution in [1.29, 1.82) is 0 Å². The molecule has 1 N–H and O–H groups in total. The van der Waals surface area contributed by atoms with E-state index >= 15 is 0 Å². The summed E-state index contributed by atoms with van der Waals surface area (Å²) in [5, 5.41) is 11.4. The van der Waals surface area contributed by atoms with E-state index in [1.165, 1.54) is 27.9 Å². The van der Waals surface area contributed by atoms with Crippen LogP contribution in [0.25, 0.3) is 10.9 Å². The number of fused-ring (bicyclic) bond motifs is 6. The van der Waals surface area contributed by atoms with Crippen molar-refractivity contribution in [1.82, 2.24) is 9.47 Å². The van der Waals surface area contributed by atoms with Gasteiger partial charge in [-0.05, 0) is 72.4 Å². The zero-order chi connectivity index (χ0) is 24.8. The number of aliphatic hydroxyl groups excluding tert-OH is 1. The first-order chi connectivity index (χ1) is 17.6. The number of aryl methyl sites for hydroxylation is 1. The Morgan fingerprint density at radius 1 is 0.972 bits per heavy atom. The number of nitrogens with zero attached hydrogens (tertiary/aromatic N) is 2. The fourth-order valence-corrected chi connectivity index (χ4v) is 5.85. The number of ether oxygens (including phenoxy) is 3. The fourth-order valence-electron chi connectivity index (χ4n) is 5.85. The second kappa shape index (κ2) is 9.19. The molecular weight excluding hydrogens is 452 g/mol. The highest BCUT2D eigenvalue weighted by molar-refractivity contribution is 5.87. The topological polar surface area (TPSA) is 56.1 Å². The van der Waals surface area contributed by atoms with Gasteiger partial charge in [-0.15, -0.1) is 0 Å². The van der Waals surface area contributed by atoms with Gasteiger partial charge < -0.3 is 23.9 Å². The Balaban J connectivity index is 1.35. The third-order valence-electron chi connectivity index (χ3n) is 7.79. The molecule has 36 heavy (non-hydrogen) atoms. The molecule has 3 aromatic carbocycles. The van der Waals surface area contributed by atoms with Gasteiger partial charge in [0.25, 0.3) is 0 Å². The normalized spacial score (nSPS) is 16.8. The number of aromatic nitrogens is 1. The van der Waals surface area contributed by atoms with Gasteiger partial charge in [0.15, 0.2) is 11.5 Å². The van der Waals surface area contributed by atoms with Gasteiger partial charge in [-0.2, -0.15) is 0 Å². The maximum absolute atomic E-state index is 10.2. The van der Waals surface area contributed by atoms with Crippen molar-refractivity contribution >= 4 is 10.9 Å². The Bertz CT molecular complexity index is 1420. The largest absolute Gasteiger partial charge is 0.497 e. The lowest BCUT2D eigenvalue weighted by molar-refractivity contribution is 0.145. The first kappa shape index (κ1) is 23.0. The van der Waals surface area contributed by atoms with Crippen LogP contribution in [0.3, 0.4) is 0 Å². The number of benzene rings is 3. The summed E-state index contributed by atoms with van der Waals surface area (Å²) in [6.07, 6.45) is 1.84. The predicted octanol–water partition coefficient (Wildman–Crippen LogP) is 5.15. The second-order valence-electron chi connectivity index (χ2n) is 9.79. The van der Waals surface area contributed by atoms with Crippen LogP contribution in [-0.4, -0.2) is 35.3 Å². The van der Waals surface area contributed by atoms with Crippen molar-refractivity contribution in [3.8, 4) is 17.2 Å². The van der Waals surface area contributed by atoms with Gasteiger partial charge in [0.2, 0.25) is 0 Å². The highest BCUT2D eigenvalue weighted by Crippen LogP contribution is 2.45. The van der Waals surface area contributed by atoms with Crippen LogP contribution < -0.4 is 14.2 Å². The molecule has 0 fully saturated rings. The van der Waals surface area contributed by atoms with E-state index in [0.29, 0.717) is 6.61 Å². The van der Waals surface area contributed by atoms with E-state index in [1.807, 2.05) is 10.6 Å². The highest BCUT2D eigenvalue weighted by Gasteiger charge is 2.36. The summed E-state index contributed by atoms with van der Waals surface area (Å²) in [4.78, 5) is 2.53. The van der Waals surface area contributed by atoms with Gasteiger partial charge in [0.05, 0.1) is 19.7 Å². The van der Waals surface area contributed by atoms with Crippen LogP contribution in [0.2, 0.25) is 0 Å². The van der Waals surface area contributed by atoms with Crippen molar-refractivity contribution in [3.63, 3.8) is 0 Å². The minimum Gasteiger partial charge on any atom is -0.497 e. The molecule has 3 heterocycles. The highest BCUT2D eigenvalue weighted by atomic mass is 16.5. The van der Waals surface area contributed by atoms with E-state index in [2.05, 4.69) is 60.4 Å². The summed E-state index contributed by atoms with van der Waals surface area (Å²) in [6, 6.07) is 19.2. The molecule has 0 bridgehead atoms. The summed E-state index contributed by atoms with van der Waals surface area (Å²) in [5.74, 6) is 2.40. The molecule has 2 aliphatic heterocycles. The molecule has 6 nitrogen and oxygen atoms in total. The maximum Gasteiger partial charge on any atom is 0.161 e. The standard InChI is InChI=1S/C30H32N2O4/c1-19-4-6-20(7-5-19)17-36-30-12-21-10-11-31-16-28-25(14-27(31)23(21)15-29(30)35-3)24-13-22(34-2)8-9-26(24)32(28)18-33/h4-9,12-13,15,27,33H,10-11,14,16-18H2,1-3H3. The van der Waals surface area contributed by atoms with Crippen LogP contribution in [0, 0.1) is 6.92 Å². The minimum atomic E-state index is -0.0250. The van der Waals surface area contributed by atoms with Crippen LogP contribution in [0.4, 0.5) is 0 Å². The van der Waals surface area contributed by atoms with Crippen LogP contribution >= 0.6 is 0 Å². The van der Waals surface area contributed by atoms with Gasteiger partial charge >= 0.3 is 0 Å². The molecule has 0 aliphatic carbocycles. The monoisotopic (exact) mass is 484 g/mol. The third kappa shape index (κ3) is 3.81. The van der Waals surface area contributed by atoms with Crippen molar-refractivity contribution in [2.24, 2.45) is 0 Å². The first-order valence-corrected chi connectivity index (χ1v) is 12.5. The Hall–Kier alpha value is -3.48. The molecule has 2 aliphatic rings. The average Bonchev–Trinajstić information content (AvgIpc) is 3.22. The summed E-state index contributed by atoms with van der Waals surface area (Å²) in [7, 11) is 3.40. The first-order valence-electron chi connectivity index (χ1n) is 12.5. The van der Waals surface area contributed by atoms with Crippen LogP contribution in [0.15, 0.2) is 54.6 Å². The zero-order valence-corrected chi connectivity index (χ0v) is 21.1. The summed E-state index contributed by atoms with van der Waals surface area (Å²) in [5.41, 5.74) is 8.56. The molecule has 186 valence electrons. The Morgan fingerprint density at radius 3 is 2.56 bits per heavy atom. The number of rotatable bonds is 6. The van der Waals surface area contributed by atoms with E-state index in [9.17, 15) is 5.11 Å². The van der Waals surface area contributed by atoms with Crippen LogP contribution in [-0.2, 0) is 32.7 Å². The molecule has 0 spiro atoms. The van der Waals surface area contributed by atoms with Gasteiger partial charge in [-0.25, -0.2) is 0 Å². The zero-order valence-electron chi connectivity index (χ0n) is 21.1. The third-order valence-corrected chi connectivity index (χ3v) is 7.79. The Morgan fingerprint density at radius 2 is 1.81 bits per heavy atom. The number of methoxy groups -OCH3 is 2. The molecule has 6 rings (SSSR count). The Kier molecular flexibility index (Phi) is 5.86. The number of aliphatic hydroxyl groups is 1. The number of hydrogen-bond donors (Lipinski definition) is 1. The average molecular weight is 485 g/mol. The maximum atomic E-state index is 10.2. The molecule has 4 aromatic rings. The van der Waals surface area contributed by atoms with Crippen molar-refractivity contribution < 1.29 is 19.3 Å². The number of hydrogen-bond acceptors (Lipinski definition) is 5. The van der Waals surface area contributed by atoms with Crippen molar-refractivity contribution in [2.75, 3.05) is 20.8 Å². The summed E-state index contributed by atoms with van der Waals surface area (Å²) in [6.45, 7) is 4.36. The summed E-state index contributed by atoms with van der Waals surface area (Å²) < 4.78 is 19.6. The predicted molar refractivity (Wildman–Crippen MR) is 140 cm³/mol. The fraction of sp³-hybridized carbons (Fsp3) is 0.333. The quantitative estimate of drug-likeness (QED) is 0.410. The van der Waals surface area contributed by atoms with E-state index < -0.39 is 0 Å². The van der Waals surface area contributed by atoms with E-state index in [1.54, 1.807) is 14.2 Å². The smallest absolute Gasteiger partial charge is 0.161 e. The van der Waals surface area contributed by atoms with Gasteiger partial charge in [-0.3, -0.25) is 4.90 Å². The molecule has 1 aromatic heterocycles. The lowest BCUT2D eigenvalue weighted by Crippen LogP contribution is -2.39. The minimum absolute atomic E-state index is 0.0250. The van der Waals surface area contributed by atoms with Crippen LogP contribution in [0.1, 0.15) is 39.6 Å². The van der Waals surface area contributed by atoms with Crippen molar-refractivity contribution in [2.45, 2.75) is 45.7 Å². The lowest BCUT2D eigenvalue weighted by Gasteiger charge is -2.41. The van der Waals surface area contributed by atoms with E-state index in [-0.39, 0.29) is 12.8 Å². The SMILES string of the molecule is COc1ccc2c(c1)c1c(n2CO)CN2CCc3cc(OCc4ccc(C)cc4)c(OC)cc3C2C1.